The summed E-state index contributed by atoms with van der Waals surface area (Å²) in [4.78, 5) is 40.9. The second kappa shape index (κ2) is 9.11. The third-order valence-corrected chi connectivity index (χ3v) is 5.53. The number of nitrogens with two attached hydrogens (primary N) is 1. The smallest absolute Gasteiger partial charge is 0.253 e. The average Bonchev–Trinajstić information content (AvgIpc) is 2.72. The van der Waals surface area contributed by atoms with E-state index in [1.165, 1.54) is 0 Å². The molecule has 0 radical (unpaired) electrons. The number of aryl methyl sites for hydroxylation is 2. The zero-order valence-corrected chi connectivity index (χ0v) is 17.9. The van der Waals surface area contributed by atoms with Crippen LogP contribution in [0.1, 0.15) is 50.2 Å². The Morgan fingerprint density at radius 3 is 2.43 bits per heavy atom. The van der Waals surface area contributed by atoms with Gasteiger partial charge in [0, 0.05) is 37.8 Å². The SMILES string of the molecule is Cc1cc(C)cc(C(=O)N2CCCC(C(=O)N(C)Cc3cccc(C(N)=O)c3)C2)c1. The number of carbonyl (C=O) groups is 3. The fourth-order valence-corrected chi connectivity index (χ4v) is 4.13. The maximum atomic E-state index is 13.0. The van der Waals surface area contributed by atoms with Crippen molar-refractivity contribution in [1.29, 1.82) is 0 Å². The molecule has 2 aromatic carbocycles. The van der Waals surface area contributed by atoms with Gasteiger partial charge in [-0.3, -0.25) is 14.4 Å². The van der Waals surface area contributed by atoms with Gasteiger partial charge >= 0.3 is 0 Å². The minimum Gasteiger partial charge on any atom is -0.366 e. The van der Waals surface area contributed by atoms with Crippen LogP contribution >= 0.6 is 0 Å². The molecule has 3 amide bonds. The van der Waals surface area contributed by atoms with Crippen LogP contribution in [0.15, 0.2) is 42.5 Å². The van der Waals surface area contributed by atoms with Crippen LogP contribution in [0, 0.1) is 19.8 Å². The van der Waals surface area contributed by atoms with Crippen molar-refractivity contribution in [1.82, 2.24) is 9.80 Å². The molecule has 1 fully saturated rings. The molecule has 0 saturated carbocycles. The minimum atomic E-state index is -0.487. The molecular weight excluding hydrogens is 378 g/mol. The van der Waals surface area contributed by atoms with E-state index in [2.05, 4.69) is 0 Å². The third kappa shape index (κ3) is 5.06. The number of hydrogen-bond donors (Lipinski definition) is 1. The normalized spacial score (nSPS) is 16.2. The Labute approximate surface area is 177 Å². The summed E-state index contributed by atoms with van der Waals surface area (Å²) in [5.41, 5.74) is 9.41. The molecule has 1 heterocycles. The summed E-state index contributed by atoms with van der Waals surface area (Å²) in [5.74, 6) is -0.718. The van der Waals surface area contributed by atoms with Crippen molar-refractivity contribution in [2.75, 3.05) is 20.1 Å². The first-order valence-corrected chi connectivity index (χ1v) is 10.3. The number of nitrogens with zero attached hydrogens (tertiary/aromatic N) is 2. The van der Waals surface area contributed by atoms with E-state index in [4.69, 9.17) is 5.73 Å². The van der Waals surface area contributed by atoms with E-state index in [0.29, 0.717) is 30.8 Å². The lowest BCUT2D eigenvalue weighted by Gasteiger charge is -2.34. The number of piperidine rings is 1. The topological polar surface area (TPSA) is 83.7 Å². The largest absolute Gasteiger partial charge is 0.366 e. The molecular formula is C24H29N3O3. The van der Waals surface area contributed by atoms with Gasteiger partial charge in [0.2, 0.25) is 11.8 Å². The van der Waals surface area contributed by atoms with Crippen molar-refractivity contribution < 1.29 is 14.4 Å². The Morgan fingerprint density at radius 1 is 1.07 bits per heavy atom. The molecule has 0 bridgehead atoms. The zero-order chi connectivity index (χ0) is 21.8. The first-order chi connectivity index (χ1) is 14.2. The van der Waals surface area contributed by atoms with E-state index < -0.39 is 5.91 Å². The summed E-state index contributed by atoms with van der Waals surface area (Å²) in [6.45, 7) is 5.45. The molecule has 3 rings (SSSR count). The number of likely N-dealkylation sites (tertiary alicyclic amines) is 1. The van der Waals surface area contributed by atoms with Gasteiger partial charge in [-0.25, -0.2) is 0 Å². The minimum absolute atomic E-state index is 0.0115. The van der Waals surface area contributed by atoms with Crippen LogP contribution in [-0.4, -0.2) is 47.7 Å². The standard InChI is InChI=1S/C24H29N3O3/c1-16-10-17(2)12-21(11-16)24(30)27-9-5-8-20(15-27)23(29)26(3)14-18-6-4-7-19(13-18)22(25)28/h4,6-7,10-13,20H,5,8-9,14-15H2,1-3H3,(H2,25,28). The highest BCUT2D eigenvalue weighted by Crippen LogP contribution is 2.22. The van der Waals surface area contributed by atoms with E-state index in [1.54, 1.807) is 35.0 Å². The third-order valence-electron chi connectivity index (χ3n) is 5.53. The summed E-state index contributed by atoms with van der Waals surface area (Å²) < 4.78 is 0. The molecule has 0 spiro atoms. The van der Waals surface area contributed by atoms with E-state index in [0.717, 1.165) is 29.5 Å². The van der Waals surface area contributed by atoms with Crippen LogP contribution in [0.2, 0.25) is 0 Å². The van der Waals surface area contributed by atoms with Crippen molar-refractivity contribution in [3.8, 4) is 0 Å². The van der Waals surface area contributed by atoms with Gasteiger partial charge in [0.25, 0.3) is 5.91 Å². The van der Waals surface area contributed by atoms with Crippen LogP contribution in [0.4, 0.5) is 0 Å². The molecule has 2 N–H and O–H groups in total. The van der Waals surface area contributed by atoms with Gasteiger partial charge in [-0.2, -0.15) is 0 Å². The number of hydrogen-bond acceptors (Lipinski definition) is 3. The second-order valence-corrected chi connectivity index (χ2v) is 8.23. The van der Waals surface area contributed by atoms with Gasteiger partial charge in [0.1, 0.15) is 0 Å². The molecule has 1 aliphatic rings. The summed E-state index contributed by atoms with van der Waals surface area (Å²) in [7, 11) is 1.75. The fourth-order valence-electron chi connectivity index (χ4n) is 4.13. The summed E-state index contributed by atoms with van der Waals surface area (Å²) >= 11 is 0. The van der Waals surface area contributed by atoms with Crippen molar-refractivity contribution in [2.24, 2.45) is 11.7 Å². The number of primary amides is 1. The molecule has 1 aliphatic heterocycles. The van der Waals surface area contributed by atoms with Gasteiger partial charge in [-0.05, 0) is 56.5 Å². The molecule has 30 heavy (non-hydrogen) atoms. The van der Waals surface area contributed by atoms with Crippen LogP contribution in [0.5, 0.6) is 0 Å². The van der Waals surface area contributed by atoms with Crippen LogP contribution in [0.3, 0.4) is 0 Å². The predicted molar refractivity (Wildman–Crippen MR) is 116 cm³/mol. The highest BCUT2D eigenvalue weighted by Gasteiger charge is 2.30. The maximum Gasteiger partial charge on any atom is 0.253 e. The van der Waals surface area contributed by atoms with Crippen LogP contribution in [0.25, 0.3) is 0 Å². The molecule has 158 valence electrons. The Bertz CT molecular complexity index is 950. The van der Waals surface area contributed by atoms with Crippen molar-refractivity contribution in [3.63, 3.8) is 0 Å². The lowest BCUT2D eigenvalue weighted by Crippen LogP contribution is -2.45. The second-order valence-electron chi connectivity index (χ2n) is 8.23. The number of amides is 3. The molecule has 6 heteroatoms. The predicted octanol–water partition coefficient (Wildman–Crippen LogP) is 2.91. The molecule has 1 saturated heterocycles. The van der Waals surface area contributed by atoms with Gasteiger partial charge in [-0.1, -0.05) is 29.3 Å². The Balaban J connectivity index is 1.66. The zero-order valence-electron chi connectivity index (χ0n) is 17.9. The summed E-state index contributed by atoms with van der Waals surface area (Å²) in [5, 5.41) is 0. The van der Waals surface area contributed by atoms with Crippen molar-refractivity contribution in [2.45, 2.75) is 33.2 Å². The average molecular weight is 408 g/mol. The molecule has 6 nitrogen and oxygen atoms in total. The van der Waals surface area contributed by atoms with Crippen molar-refractivity contribution in [3.05, 3.63) is 70.3 Å². The fraction of sp³-hybridized carbons (Fsp3) is 0.375. The molecule has 1 unspecified atom stereocenters. The number of carbonyl (C=O) groups excluding carboxylic acids is 3. The summed E-state index contributed by atoms with van der Waals surface area (Å²) in [6.07, 6.45) is 1.57. The van der Waals surface area contributed by atoms with Gasteiger partial charge in [0.05, 0.1) is 5.92 Å². The highest BCUT2D eigenvalue weighted by atomic mass is 16.2. The van der Waals surface area contributed by atoms with E-state index in [9.17, 15) is 14.4 Å². The van der Waals surface area contributed by atoms with E-state index in [-0.39, 0.29) is 17.7 Å². The first-order valence-electron chi connectivity index (χ1n) is 10.3. The van der Waals surface area contributed by atoms with E-state index >= 15 is 0 Å². The molecule has 0 aromatic heterocycles. The number of rotatable bonds is 5. The monoisotopic (exact) mass is 407 g/mol. The summed E-state index contributed by atoms with van der Waals surface area (Å²) in [6, 6.07) is 12.8. The van der Waals surface area contributed by atoms with Gasteiger partial charge < -0.3 is 15.5 Å². The Morgan fingerprint density at radius 2 is 1.77 bits per heavy atom. The molecule has 0 aliphatic carbocycles. The van der Waals surface area contributed by atoms with Crippen molar-refractivity contribution >= 4 is 17.7 Å². The highest BCUT2D eigenvalue weighted by molar-refractivity contribution is 5.95. The van der Waals surface area contributed by atoms with E-state index in [1.807, 2.05) is 38.1 Å². The Kier molecular flexibility index (Phi) is 6.55. The first kappa shape index (κ1) is 21.6. The number of benzene rings is 2. The molecule has 1 atom stereocenters. The van der Waals surface area contributed by atoms with Gasteiger partial charge in [0.15, 0.2) is 0 Å². The Hall–Kier alpha value is -3.15. The lowest BCUT2D eigenvalue weighted by atomic mass is 9.95. The molecule has 2 aromatic rings. The maximum absolute atomic E-state index is 13.0. The van der Waals surface area contributed by atoms with Crippen LogP contribution < -0.4 is 5.73 Å². The van der Waals surface area contributed by atoms with Crippen LogP contribution in [-0.2, 0) is 11.3 Å². The van der Waals surface area contributed by atoms with Gasteiger partial charge in [-0.15, -0.1) is 0 Å². The quantitative estimate of drug-likeness (QED) is 0.827. The lowest BCUT2D eigenvalue weighted by molar-refractivity contribution is -0.136.